The molecule has 0 N–H and O–H groups in total. The highest BCUT2D eigenvalue weighted by Gasteiger charge is 2.40. The molecule has 37 heavy (non-hydrogen) atoms. The largest absolute Gasteiger partial charge is 0.343 e. The predicted octanol–water partition coefficient (Wildman–Crippen LogP) is 5.61. The minimum atomic E-state index is -0.138. The SMILES string of the molecule is CC(=O)N1CCC(C(=O)N2CC[C@@H](N(C)C(=O)c3ccc(Cl)cc3)[C@H](c3ccc(Cl)c(Cl)c3)C2)C(C)C1. The van der Waals surface area contributed by atoms with E-state index in [4.69, 9.17) is 34.8 Å². The Balaban J connectivity index is 1.57. The van der Waals surface area contributed by atoms with E-state index >= 15 is 0 Å². The summed E-state index contributed by atoms with van der Waals surface area (Å²) in [6.07, 6.45) is 1.29. The number of carbonyl (C=O) groups excluding carboxylic acids is 3. The number of amides is 3. The van der Waals surface area contributed by atoms with Crippen LogP contribution in [-0.4, -0.2) is 71.7 Å². The number of benzene rings is 2. The summed E-state index contributed by atoms with van der Waals surface area (Å²) < 4.78 is 0. The monoisotopic (exact) mass is 563 g/mol. The molecule has 2 fully saturated rings. The van der Waals surface area contributed by atoms with Gasteiger partial charge < -0.3 is 14.7 Å². The molecule has 2 saturated heterocycles. The molecule has 2 aromatic rings. The quantitative estimate of drug-likeness (QED) is 0.485. The van der Waals surface area contributed by atoms with Crippen molar-refractivity contribution in [2.75, 3.05) is 33.2 Å². The minimum Gasteiger partial charge on any atom is -0.343 e. The van der Waals surface area contributed by atoms with E-state index in [1.165, 1.54) is 0 Å². The van der Waals surface area contributed by atoms with Crippen LogP contribution in [0, 0.1) is 11.8 Å². The smallest absolute Gasteiger partial charge is 0.253 e. The van der Waals surface area contributed by atoms with Gasteiger partial charge in [-0.15, -0.1) is 0 Å². The van der Waals surface area contributed by atoms with Crippen LogP contribution in [0.5, 0.6) is 0 Å². The average Bonchev–Trinajstić information content (AvgIpc) is 2.89. The molecule has 6 nitrogen and oxygen atoms in total. The molecule has 2 aliphatic heterocycles. The second kappa shape index (κ2) is 11.6. The fraction of sp³-hybridized carbons (Fsp3) is 0.464. The van der Waals surface area contributed by atoms with Crippen LogP contribution in [0.2, 0.25) is 15.1 Å². The first-order valence-electron chi connectivity index (χ1n) is 12.6. The summed E-state index contributed by atoms with van der Waals surface area (Å²) in [5.41, 5.74) is 1.50. The van der Waals surface area contributed by atoms with Gasteiger partial charge in [-0.1, -0.05) is 47.8 Å². The summed E-state index contributed by atoms with van der Waals surface area (Å²) in [6.45, 7) is 5.83. The van der Waals surface area contributed by atoms with Crippen molar-refractivity contribution < 1.29 is 14.4 Å². The highest BCUT2D eigenvalue weighted by Crippen LogP contribution is 2.36. The van der Waals surface area contributed by atoms with Crippen LogP contribution in [0.1, 0.15) is 48.5 Å². The van der Waals surface area contributed by atoms with Crippen LogP contribution in [0.3, 0.4) is 0 Å². The number of carbonyl (C=O) groups is 3. The number of hydrogen-bond acceptors (Lipinski definition) is 3. The second-order valence-corrected chi connectivity index (χ2v) is 11.4. The van der Waals surface area contributed by atoms with Gasteiger partial charge in [-0.3, -0.25) is 14.4 Å². The van der Waals surface area contributed by atoms with Crippen LogP contribution >= 0.6 is 34.8 Å². The van der Waals surface area contributed by atoms with Gasteiger partial charge in [0.1, 0.15) is 0 Å². The summed E-state index contributed by atoms with van der Waals surface area (Å²) in [7, 11) is 1.81. The Bertz CT molecular complexity index is 1170. The molecule has 9 heteroatoms. The maximum absolute atomic E-state index is 13.7. The van der Waals surface area contributed by atoms with Gasteiger partial charge in [0, 0.05) is 68.6 Å². The van der Waals surface area contributed by atoms with Gasteiger partial charge in [-0.05, 0) is 60.7 Å². The van der Waals surface area contributed by atoms with Gasteiger partial charge >= 0.3 is 0 Å². The third kappa shape index (κ3) is 6.08. The van der Waals surface area contributed by atoms with Crippen molar-refractivity contribution in [2.24, 2.45) is 11.8 Å². The van der Waals surface area contributed by atoms with Crippen molar-refractivity contribution in [3.8, 4) is 0 Å². The molecule has 0 bridgehead atoms. The van der Waals surface area contributed by atoms with Crippen LogP contribution < -0.4 is 0 Å². The number of nitrogens with zero attached hydrogens (tertiary/aromatic N) is 3. The summed E-state index contributed by atoms with van der Waals surface area (Å²) >= 11 is 18.6. The fourth-order valence-electron chi connectivity index (χ4n) is 5.65. The van der Waals surface area contributed by atoms with Crippen molar-refractivity contribution in [3.05, 3.63) is 68.7 Å². The summed E-state index contributed by atoms with van der Waals surface area (Å²) in [5, 5.41) is 1.48. The van der Waals surface area contributed by atoms with E-state index in [0.29, 0.717) is 59.7 Å². The molecular weight excluding hydrogens is 533 g/mol. The molecule has 3 amide bonds. The van der Waals surface area contributed by atoms with Crippen LogP contribution in [0.25, 0.3) is 0 Å². The number of piperidine rings is 2. The Morgan fingerprint density at radius 3 is 2.19 bits per heavy atom. The van der Waals surface area contributed by atoms with Crippen molar-refractivity contribution in [2.45, 2.75) is 38.6 Å². The van der Waals surface area contributed by atoms with E-state index < -0.39 is 0 Å². The highest BCUT2D eigenvalue weighted by atomic mass is 35.5. The van der Waals surface area contributed by atoms with E-state index in [9.17, 15) is 14.4 Å². The molecule has 4 rings (SSSR count). The molecule has 0 aliphatic carbocycles. The molecule has 0 radical (unpaired) electrons. The van der Waals surface area contributed by atoms with Crippen molar-refractivity contribution in [1.29, 1.82) is 0 Å². The van der Waals surface area contributed by atoms with Crippen molar-refractivity contribution in [1.82, 2.24) is 14.7 Å². The van der Waals surface area contributed by atoms with Gasteiger partial charge in [-0.2, -0.15) is 0 Å². The van der Waals surface area contributed by atoms with Crippen molar-refractivity contribution in [3.63, 3.8) is 0 Å². The third-order valence-corrected chi connectivity index (χ3v) is 8.83. The van der Waals surface area contributed by atoms with Gasteiger partial charge in [-0.25, -0.2) is 0 Å². The molecule has 2 unspecified atom stereocenters. The molecule has 2 heterocycles. The maximum atomic E-state index is 13.7. The lowest BCUT2D eigenvalue weighted by Gasteiger charge is -2.45. The first kappa shape index (κ1) is 27.7. The predicted molar refractivity (Wildman–Crippen MR) is 147 cm³/mol. The average molecular weight is 565 g/mol. The fourth-order valence-corrected chi connectivity index (χ4v) is 6.09. The lowest BCUT2D eigenvalue weighted by Crippen LogP contribution is -2.54. The van der Waals surface area contributed by atoms with Crippen LogP contribution in [-0.2, 0) is 9.59 Å². The lowest BCUT2D eigenvalue weighted by atomic mass is 9.82. The minimum absolute atomic E-state index is 0.0478. The molecule has 198 valence electrons. The van der Waals surface area contributed by atoms with E-state index in [1.807, 2.05) is 35.9 Å². The molecule has 2 aliphatic rings. The van der Waals surface area contributed by atoms with E-state index in [1.54, 1.807) is 42.2 Å². The molecule has 0 saturated carbocycles. The van der Waals surface area contributed by atoms with E-state index in [-0.39, 0.29) is 41.5 Å². The molecule has 0 aromatic heterocycles. The number of rotatable bonds is 4. The summed E-state index contributed by atoms with van der Waals surface area (Å²) in [5.74, 6) is -0.119. The van der Waals surface area contributed by atoms with Crippen molar-refractivity contribution >= 4 is 52.5 Å². The van der Waals surface area contributed by atoms with E-state index in [0.717, 1.165) is 5.56 Å². The first-order valence-corrected chi connectivity index (χ1v) is 13.7. The topological polar surface area (TPSA) is 60.9 Å². The maximum Gasteiger partial charge on any atom is 0.253 e. The zero-order valence-electron chi connectivity index (χ0n) is 21.3. The Hall–Kier alpha value is -2.28. The van der Waals surface area contributed by atoms with E-state index in [2.05, 4.69) is 0 Å². The number of likely N-dealkylation sites (tertiary alicyclic amines) is 2. The van der Waals surface area contributed by atoms with Gasteiger partial charge in [0.05, 0.1) is 10.0 Å². The summed E-state index contributed by atoms with van der Waals surface area (Å²) in [4.78, 5) is 44.4. The lowest BCUT2D eigenvalue weighted by molar-refractivity contribution is -0.144. The Morgan fingerprint density at radius 2 is 1.57 bits per heavy atom. The van der Waals surface area contributed by atoms with Gasteiger partial charge in [0.2, 0.25) is 11.8 Å². The Morgan fingerprint density at radius 1 is 0.892 bits per heavy atom. The van der Waals surface area contributed by atoms with Crippen LogP contribution in [0.15, 0.2) is 42.5 Å². The van der Waals surface area contributed by atoms with Crippen LogP contribution in [0.4, 0.5) is 0 Å². The van der Waals surface area contributed by atoms with Gasteiger partial charge in [0.25, 0.3) is 5.91 Å². The molecule has 4 atom stereocenters. The zero-order valence-corrected chi connectivity index (χ0v) is 23.6. The Kier molecular flexibility index (Phi) is 8.72. The normalized spacial score (nSPS) is 24.1. The third-order valence-electron chi connectivity index (χ3n) is 7.84. The number of hydrogen-bond donors (Lipinski definition) is 0. The van der Waals surface area contributed by atoms with Gasteiger partial charge in [0.15, 0.2) is 0 Å². The second-order valence-electron chi connectivity index (χ2n) is 10.2. The number of likely N-dealkylation sites (N-methyl/N-ethyl adjacent to an activating group) is 1. The first-order chi connectivity index (χ1) is 17.6. The zero-order chi connectivity index (χ0) is 26.9. The molecule has 0 spiro atoms. The molecule has 2 aromatic carbocycles. The Labute approximate surface area is 233 Å². The molecular formula is C28H32Cl3N3O3. The summed E-state index contributed by atoms with van der Waals surface area (Å²) in [6, 6.07) is 12.3. The number of halogens is 3. The highest BCUT2D eigenvalue weighted by molar-refractivity contribution is 6.42. The standard InChI is InChI=1S/C28H32Cl3N3O3/c1-17-15-33(18(2)35)12-10-22(17)28(37)34-13-11-26(23(16-34)20-6-9-24(30)25(31)14-20)32(3)27(36)19-4-7-21(29)8-5-19/h4-9,14,17,22-23,26H,10-13,15-16H2,1-3H3/t17?,22?,23-,26+/m0/s1.